The molecule has 0 aliphatic rings. The summed E-state index contributed by atoms with van der Waals surface area (Å²) in [6.45, 7) is 0. The van der Waals surface area contributed by atoms with Gasteiger partial charge in [-0.25, -0.2) is 8.42 Å². The highest BCUT2D eigenvalue weighted by Crippen LogP contribution is 2.34. The van der Waals surface area contributed by atoms with Gasteiger partial charge in [0.25, 0.3) is 0 Å². The third-order valence-corrected chi connectivity index (χ3v) is 4.35. The van der Waals surface area contributed by atoms with Crippen LogP contribution in [0.15, 0.2) is 29.2 Å². The fraction of sp³-hybridized carbons (Fsp3) is 0.125. The number of hydrogen-bond donors (Lipinski definition) is 1. The van der Waals surface area contributed by atoms with Gasteiger partial charge in [0.2, 0.25) is 15.7 Å². The molecule has 1 aromatic rings. The lowest BCUT2D eigenvalue weighted by Gasteiger charge is -2.11. The molecule has 1 aromatic carbocycles. The van der Waals surface area contributed by atoms with Crippen LogP contribution >= 0.6 is 9.24 Å². The lowest BCUT2D eigenvalue weighted by atomic mass is 10.2. The second-order valence-corrected chi connectivity index (χ2v) is 6.12. The van der Waals surface area contributed by atoms with Crippen molar-refractivity contribution in [1.29, 1.82) is 0 Å². The van der Waals surface area contributed by atoms with Crippen molar-refractivity contribution in [1.82, 2.24) is 0 Å². The maximum atomic E-state index is 12.7. The fourth-order valence-corrected chi connectivity index (χ4v) is 2.17. The van der Waals surface area contributed by atoms with Crippen molar-refractivity contribution in [3.63, 3.8) is 0 Å². The Kier molecular flexibility index (Phi) is 3.30. The van der Waals surface area contributed by atoms with Crippen LogP contribution in [0, 0.1) is 0 Å². The van der Waals surface area contributed by atoms with Crippen LogP contribution in [0.1, 0.15) is 10.4 Å². The monoisotopic (exact) mass is 267 g/mol. The van der Waals surface area contributed by atoms with Crippen molar-refractivity contribution in [3.05, 3.63) is 29.8 Å². The summed E-state index contributed by atoms with van der Waals surface area (Å²) in [6, 6.07) is 3.97. The van der Waals surface area contributed by atoms with Gasteiger partial charge in [-0.05, 0) is 33.5 Å². The van der Waals surface area contributed by atoms with Gasteiger partial charge in [0.1, 0.15) is 0 Å². The first kappa shape index (κ1) is 13.0. The maximum absolute atomic E-state index is 12.7. The Morgan fingerprint density at radius 3 is 2.00 bits per heavy atom. The quantitative estimate of drug-likeness (QED) is 0.829. The first-order valence-electron chi connectivity index (χ1n) is 3.97. The van der Waals surface area contributed by atoms with E-state index in [2.05, 4.69) is 0 Å². The number of alkyl halides is 2. The summed E-state index contributed by atoms with van der Waals surface area (Å²) in [5.41, 5.74) is 4.97. The lowest BCUT2D eigenvalue weighted by Crippen LogP contribution is -2.21. The predicted molar refractivity (Wildman–Crippen MR) is 56.8 cm³/mol. The van der Waals surface area contributed by atoms with Gasteiger partial charge in [0, 0.05) is 5.56 Å². The highest BCUT2D eigenvalue weighted by molar-refractivity contribution is 7.96. The minimum atomic E-state index is -4.74. The van der Waals surface area contributed by atoms with Crippen LogP contribution in [0.5, 0.6) is 0 Å². The smallest absolute Gasteiger partial charge is 0.359 e. The SMILES string of the molecule is NC(=O)c1ccc(S(=O)(=O)C(F)(F)P)cc1. The van der Waals surface area contributed by atoms with Crippen LogP contribution < -0.4 is 5.73 Å². The Bertz CT molecular complexity index is 507. The number of sulfone groups is 1. The van der Waals surface area contributed by atoms with Crippen LogP contribution in [0.2, 0.25) is 0 Å². The van der Waals surface area contributed by atoms with Crippen LogP contribution in [-0.2, 0) is 9.84 Å². The van der Waals surface area contributed by atoms with Crippen LogP contribution in [0.4, 0.5) is 8.78 Å². The summed E-state index contributed by atoms with van der Waals surface area (Å²) in [5.74, 6) is -0.762. The van der Waals surface area contributed by atoms with E-state index in [1.807, 2.05) is 0 Å². The molecule has 0 aromatic heterocycles. The standard InChI is InChI=1S/C8H8F2NO3PS/c9-8(10,15)16(13,14)6-3-1-5(2-4-6)7(11)12/h1-4H,15H2,(H2,11,12). The summed E-state index contributed by atoms with van der Waals surface area (Å²) in [4.78, 5) is 6.16. The average molecular weight is 267 g/mol. The van der Waals surface area contributed by atoms with E-state index in [9.17, 15) is 22.0 Å². The molecule has 0 spiro atoms. The number of carbonyl (C=O) groups excluding carboxylic acids is 1. The molecule has 0 aliphatic heterocycles. The third-order valence-electron chi connectivity index (χ3n) is 1.81. The zero-order chi connectivity index (χ0) is 12.6. The Balaban J connectivity index is 3.23. The van der Waals surface area contributed by atoms with Gasteiger partial charge in [-0.2, -0.15) is 8.78 Å². The number of hydrogen-bond acceptors (Lipinski definition) is 3. The van der Waals surface area contributed by atoms with Crippen molar-refractivity contribution in [3.8, 4) is 0 Å². The van der Waals surface area contributed by atoms with Crippen molar-refractivity contribution in [2.45, 2.75) is 9.89 Å². The summed E-state index contributed by atoms with van der Waals surface area (Å²) in [5, 5.41) is 0. The minimum absolute atomic E-state index is 0.0472. The van der Waals surface area contributed by atoms with E-state index in [1.165, 1.54) is 0 Å². The number of amides is 1. The van der Waals surface area contributed by atoms with Gasteiger partial charge >= 0.3 is 5.00 Å². The molecule has 0 bridgehead atoms. The van der Waals surface area contributed by atoms with Crippen LogP contribution in [0.25, 0.3) is 0 Å². The topological polar surface area (TPSA) is 77.2 Å². The van der Waals surface area contributed by atoms with E-state index in [1.54, 1.807) is 0 Å². The van der Waals surface area contributed by atoms with Gasteiger partial charge in [0.05, 0.1) is 4.90 Å². The third kappa shape index (κ3) is 2.36. The second kappa shape index (κ2) is 4.07. The molecule has 16 heavy (non-hydrogen) atoms. The fourth-order valence-electron chi connectivity index (χ4n) is 0.955. The van der Waals surface area contributed by atoms with Crippen molar-refractivity contribution in [2.24, 2.45) is 5.73 Å². The number of carbonyl (C=O) groups is 1. The maximum Gasteiger partial charge on any atom is 0.359 e. The zero-order valence-corrected chi connectivity index (χ0v) is 9.82. The molecule has 1 unspecified atom stereocenters. The molecule has 0 saturated carbocycles. The lowest BCUT2D eigenvalue weighted by molar-refractivity contribution is 0.1000. The molecular weight excluding hydrogens is 259 g/mol. The van der Waals surface area contributed by atoms with Gasteiger partial charge in [-0.15, -0.1) is 0 Å². The van der Waals surface area contributed by atoms with Crippen LogP contribution in [0.3, 0.4) is 0 Å². The van der Waals surface area contributed by atoms with E-state index < -0.39 is 25.6 Å². The summed E-state index contributed by atoms with van der Waals surface area (Å²) in [7, 11) is -3.79. The molecular formula is C8H8F2NO3PS. The average Bonchev–Trinajstić information content (AvgIpc) is 2.16. The van der Waals surface area contributed by atoms with Crippen molar-refractivity contribution in [2.75, 3.05) is 0 Å². The molecule has 1 atom stereocenters. The van der Waals surface area contributed by atoms with E-state index in [0.717, 1.165) is 33.5 Å². The Hall–Kier alpha value is -1.07. The minimum Gasteiger partial charge on any atom is -0.366 e. The summed E-state index contributed by atoms with van der Waals surface area (Å²) < 4.78 is 48.0. The summed E-state index contributed by atoms with van der Waals surface area (Å²) >= 11 is 0. The van der Waals surface area contributed by atoms with E-state index in [0.29, 0.717) is 0 Å². The Morgan fingerprint density at radius 2 is 1.69 bits per heavy atom. The number of halogens is 2. The van der Waals surface area contributed by atoms with Crippen LogP contribution in [-0.4, -0.2) is 19.3 Å². The zero-order valence-electron chi connectivity index (χ0n) is 7.85. The molecule has 0 saturated heterocycles. The van der Waals surface area contributed by atoms with E-state index >= 15 is 0 Å². The number of nitrogens with two attached hydrogens (primary N) is 1. The normalized spacial score (nSPS) is 12.4. The first-order chi connectivity index (χ1) is 7.16. The highest BCUT2D eigenvalue weighted by Gasteiger charge is 2.40. The molecule has 1 amide bonds. The number of primary amides is 1. The second-order valence-electron chi connectivity index (χ2n) is 2.95. The Labute approximate surface area is 92.9 Å². The van der Waals surface area contributed by atoms with Gasteiger partial charge < -0.3 is 5.73 Å². The van der Waals surface area contributed by atoms with Gasteiger partial charge in [-0.1, -0.05) is 0 Å². The largest absolute Gasteiger partial charge is 0.366 e. The number of benzene rings is 1. The van der Waals surface area contributed by atoms with Gasteiger partial charge in [-0.3, -0.25) is 4.79 Å². The van der Waals surface area contributed by atoms with Gasteiger partial charge in [0.15, 0.2) is 0 Å². The predicted octanol–water partition coefficient (Wildman–Crippen LogP) is 0.985. The molecule has 0 fully saturated rings. The molecule has 4 nitrogen and oxygen atoms in total. The van der Waals surface area contributed by atoms with Crippen molar-refractivity contribution < 1.29 is 22.0 Å². The number of rotatable bonds is 3. The molecule has 0 radical (unpaired) electrons. The Morgan fingerprint density at radius 1 is 1.25 bits per heavy atom. The van der Waals surface area contributed by atoms with Crippen molar-refractivity contribution >= 4 is 25.0 Å². The van der Waals surface area contributed by atoms with E-state index in [4.69, 9.17) is 5.73 Å². The molecule has 1 rings (SSSR count). The molecule has 0 aliphatic carbocycles. The molecule has 8 heteroatoms. The molecule has 88 valence electrons. The van der Waals surface area contributed by atoms with E-state index in [-0.39, 0.29) is 5.56 Å². The first-order valence-corrected chi connectivity index (χ1v) is 6.03. The highest BCUT2D eigenvalue weighted by atomic mass is 32.2. The molecule has 2 N–H and O–H groups in total. The summed E-state index contributed by atoms with van der Waals surface area (Å²) in [6.07, 6.45) is 0. The molecule has 0 heterocycles.